The fraction of sp³-hybridized carbons (Fsp3) is 0.750. The van der Waals surface area contributed by atoms with Crippen LogP contribution >= 0.6 is 0 Å². The molecule has 0 heterocycles. The van der Waals surface area contributed by atoms with Gasteiger partial charge in [-0.1, -0.05) is 0 Å². The van der Waals surface area contributed by atoms with E-state index in [1.165, 1.54) is 0 Å². The zero-order valence-electron chi connectivity index (χ0n) is 4.65. The van der Waals surface area contributed by atoms with Crippen LogP contribution in [0.25, 0.3) is 0 Å². The van der Waals surface area contributed by atoms with E-state index in [2.05, 4.69) is 10.6 Å². The summed E-state index contributed by atoms with van der Waals surface area (Å²) in [5, 5.41) is 13.2. The first kappa shape index (κ1) is 6.27. The van der Waals surface area contributed by atoms with E-state index in [1.54, 1.807) is 7.05 Å². The van der Waals surface area contributed by atoms with E-state index in [0.29, 0.717) is 6.54 Å². The summed E-state index contributed by atoms with van der Waals surface area (Å²) in [7, 11) is 1.68. The van der Waals surface area contributed by atoms with Gasteiger partial charge in [0.05, 0.1) is 0 Å². The van der Waals surface area contributed by atoms with E-state index in [-0.39, 0.29) is 5.96 Å². The quantitative estimate of drug-likeness (QED) is 0.347. The first-order chi connectivity index (χ1) is 3.31. The lowest BCUT2D eigenvalue weighted by Gasteiger charge is -1.96. The van der Waals surface area contributed by atoms with Gasteiger partial charge in [0.1, 0.15) is 0 Å². The zero-order chi connectivity index (χ0) is 5.70. The minimum Gasteiger partial charge on any atom is -0.358 e. The molecular weight excluding hydrogens is 90.1 g/mol. The maximum atomic E-state index is 6.86. The predicted molar refractivity (Wildman–Crippen MR) is 29.5 cm³/mol. The third-order valence-corrected chi connectivity index (χ3v) is 0.553. The maximum absolute atomic E-state index is 6.86. The summed E-state index contributed by atoms with van der Waals surface area (Å²) in [6.45, 7) is 2.57. The Bertz CT molecular complexity index is 60.0. The summed E-state index contributed by atoms with van der Waals surface area (Å²) < 4.78 is 0. The lowest BCUT2D eigenvalue weighted by molar-refractivity contribution is 0.885. The molecular formula is C4H10N3. The van der Waals surface area contributed by atoms with Crippen molar-refractivity contribution in [2.24, 2.45) is 0 Å². The Hall–Kier alpha value is -0.730. The van der Waals surface area contributed by atoms with Crippen LogP contribution in [0.2, 0.25) is 0 Å². The van der Waals surface area contributed by atoms with Gasteiger partial charge in [-0.05, 0) is 6.92 Å². The van der Waals surface area contributed by atoms with Gasteiger partial charge in [-0.25, -0.2) is 0 Å². The van der Waals surface area contributed by atoms with Crippen molar-refractivity contribution in [1.82, 2.24) is 10.6 Å². The molecule has 0 aromatic rings. The smallest absolute Gasteiger partial charge is 0.210 e. The molecule has 0 amide bonds. The Kier molecular flexibility index (Phi) is 3.10. The lowest BCUT2D eigenvalue weighted by atomic mass is 10.7. The molecule has 7 heavy (non-hydrogen) atoms. The molecule has 41 valence electrons. The Balaban J connectivity index is 3.00. The Labute approximate surface area is 43.6 Å². The SMILES string of the molecule is CC[N]C(=N)NC. The van der Waals surface area contributed by atoms with Gasteiger partial charge < -0.3 is 5.32 Å². The first-order valence-corrected chi connectivity index (χ1v) is 2.25. The van der Waals surface area contributed by atoms with Crippen molar-refractivity contribution < 1.29 is 0 Å². The molecule has 0 atom stereocenters. The van der Waals surface area contributed by atoms with Crippen LogP contribution in [0, 0.1) is 5.41 Å². The fourth-order valence-electron chi connectivity index (χ4n) is 0.237. The molecule has 3 nitrogen and oxygen atoms in total. The van der Waals surface area contributed by atoms with E-state index in [0.717, 1.165) is 0 Å². The van der Waals surface area contributed by atoms with E-state index in [9.17, 15) is 0 Å². The van der Waals surface area contributed by atoms with Crippen molar-refractivity contribution in [1.29, 1.82) is 5.41 Å². The number of nitrogens with one attached hydrogen (secondary N) is 2. The highest BCUT2D eigenvalue weighted by Crippen LogP contribution is 1.56. The molecule has 0 aliphatic carbocycles. The van der Waals surface area contributed by atoms with Crippen LogP contribution in [0.3, 0.4) is 0 Å². The number of rotatable bonds is 1. The summed E-state index contributed by atoms with van der Waals surface area (Å²) in [6.07, 6.45) is 0. The molecule has 3 heteroatoms. The standard InChI is InChI=1S/C4H10N3/c1-3-7-4(5)6-2/h3H2,1-2H3,(H2,5,6). The Morgan fingerprint density at radius 2 is 2.43 bits per heavy atom. The summed E-state index contributed by atoms with van der Waals surface area (Å²) >= 11 is 0. The molecule has 0 aliphatic rings. The number of nitrogens with zero attached hydrogens (tertiary/aromatic N) is 1. The lowest BCUT2D eigenvalue weighted by Crippen LogP contribution is -2.27. The fourth-order valence-corrected chi connectivity index (χ4v) is 0.237. The van der Waals surface area contributed by atoms with E-state index >= 15 is 0 Å². The molecule has 1 radical (unpaired) electrons. The molecule has 0 aliphatic heterocycles. The van der Waals surface area contributed by atoms with Crippen molar-refractivity contribution in [3.05, 3.63) is 0 Å². The Morgan fingerprint density at radius 3 is 2.57 bits per heavy atom. The van der Waals surface area contributed by atoms with Crippen molar-refractivity contribution in [3.63, 3.8) is 0 Å². The van der Waals surface area contributed by atoms with Crippen molar-refractivity contribution in [2.45, 2.75) is 6.92 Å². The second-order valence-electron chi connectivity index (χ2n) is 1.07. The molecule has 0 rings (SSSR count). The minimum absolute atomic E-state index is 0.252. The van der Waals surface area contributed by atoms with Crippen LogP contribution in [0.5, 0.6) is 0 Å². The molecule has 0 bridgehead atoms. The summed E-state index contributed by atoms with van der Waals surface area (Å²) in [5.41, 5.74) is 0. The van der Waals surface area contributed by atoms with Gasteiger partial charge in [-0.15, -0.1) is 0 Å². The monoisotopic (exact) mass is 100 g/mol. The maximum Gasteiger partial charge on any atom is 0.210 e. The number of hydrogen-bond donors (Lipinski definition) is 2. The van der Waals surface area contributed by atoms with Gasteiger partial charge in [0.25, 0.3) is 0 Å². The number of guanidine groups is 1. The van der Waals surface area contributed by atoms with Gasteiger partial charge in [0.15, 0.2) is 0 Å². The van der Waals surface area contributed by atoms with Gasteiger partial charge >= 0.3 is 0 Å². The molecule has 0 spiro atoms. The van der Waals surface area contributed by atoms with Crippen molar-refractivity contribution in [2.75, 3.05) is 13.6 Å². The third kappa shape index (κ3) is 3.09. The topological polar surface area (TPSA) is 50.0 Å². The largest absolute Gasteiger partial charge is 0.358 e. The van der Waals surface area contributed by atoms with Crippen molar-refractivity contribution in [3.8, 4) is 0 Å². The van der Waals surface area contributed by atoms with Gasteiger partial charge in [0, 0.05) is 13.6 Å². The first-order valence-electron chi connectivity index (χ1n) is 2.25. The molecule has 0 saturated heterocycles. The third-order valence-electron chi connectivity index (χ3n) is 0.553. The summed E-state index contributed by atoms with van der Waals surface area (Å²) in [6, 6.07) is 0. The van der Waals surface area contributed by atoms with Gasteiger partial charge in [-0.2, -0.15) is 0 Å². The van der Waals surface area contributed by atoms with Crippen LogP contribution in [-0.2, 0) is 0 Å². The molecule has 0 saturated carbocycles. The van der Waals surface area contributed by atoms with Gasteiger partial charge in [-0.3, -0.25) is 10.7 Å². The van der Waals surface area contributed by atoms with Crippen LogP contribution in [0.15, 0.2) is 0 Å². The summed E-state index contributed by atoms with van der Waals surface area (Å²) in [4.78, 5) is 0. The molecule has 0 aromatic heterocycles. The predicted octanol–water partition coefficient (Wildman–Crippen LogP) is -0.235. The van der Waals surface area contributed by atoms with Crippen LogP contribution in [0.4, 0.5) is 0 Å². The van der Waals surface area contributed by atoms with E-state index in [1.807, 2.05) is 6.92 Å². The molecule has 0 aromatic carbocycles. The molecule has 0 unspecified atom stereocenters. The normalized spacial score (nSPS) is 7.71. The average molecular weight is 100 g/mol. The van der Waals surface area contributed by atoms with E-state index < -0.39 is 0 Å². The van der Waals surface area contributed by atoms with Crippen LogP contribution in [-0.4, -0.2) is 19.6 Å². The zero-order valence-corrected chi connectivity index (χ0v) is 4.65. The second-order valence-corrected chi connectivity index (χ2v) is 1.07. The van der Waals surface area contributed by atoms with Crippen LogP contribution < -0.4 is 10.6 Å². The van der Waals surface area contributed by atoms with Crippen LogP contribution in [0.1, 0.15) is 6.92 Å². The van der Waals surface area contributed by atoms with Crippen molar-refractivity contribution >= 4 is 5.96 Å². The highest BCUT2D eigenvalue weighted by molar-refractivity contribution is 5.75. The van der Waals surface area contributed by atoms with Gasteiger partial charge in [0.2, 0.25) is 5.96 Å². The molecule has 0 fully saturated rings. The highest BCUT2D eigenvalue weighted by Gasteiger charge is 1.83. The average Bonchev–Trinajstić information content (AvgIpc) is 1.68. The minimum atomic E-state index is 0.252. The van der Waals surface area contributed by atoms with E-state index in [4.69, 9.17) is 5.41 Å². The highest BCUT2D eigenvalue weighted by atomic mass is 15.1. The second kappa shape index (κ2) is 3.46. The number of hydrogen-bond acceptors (Lipinski definition) is 1. The Morgan fingerprint density at radius 1 is 1.86 bits per heavy atom. The molecule has 2 N–H and O–H groups in total. The summed E-state index contributed by atoms with van der Waals surface area (Å²) in [5.74, 6) is 0.252.